The normalized spacial score (nSPS) is 10.8. The maximum Gasteiger partial charge on any atom is 0.244 e. The molecule has 0 spiro atoms. The van der Waals surface area contributed by atoms with Gasteiger partial charge in [0.2, 0.25) is 5.91 Å². The molecule has 0 unspecified atom stereocenters. The third-order valence-electron chi connectivity index (χ3n) is 3.89. The molecule has 0 aliphatic heterocycles. The van der Waals surface area contributed by atoms with Gasteiger partial charge in [-0.1, -0.05) is 18.2 Å². The maximum absolute atomic E-state index is 14.2. The number of rotatable bonds is 3. The van der Waals surface area contributed by atoms with Gasteiger partial charge in [0.25, 0.3) is 0 Å². The van der Waals surface area contributed by atoms with Crippen LogP contribution in [0.5, 0.6) is 0 Å². The zero-order valence-electron chi connectivity index (χ0n) is 13.5. The highest BCUT2D eigenvalue weighted by molar-refractivity contribution is 5.92. The summed E-state index contributed by atoms with van der Waals surface area (Å²) in [5, 5.41) is 3.06. The van der Waals surface area contributed by atoms with E-state index < -0.39 is 5.82 Å². The van der Waals surface area contributed by atoms with E-state index in [1.54, 1.807) is 19.1 Å². The number of hydrogen-bond acceptors (Lipinski definition) is 2. The number of aryl methyl sites for hydroxylation is 2. The van der Waals surface area contributed by atoms with E-state index in [1.165, 1.54) is 22.8 Å². The highest BCUT2D eigenvalue weighted by Gasteiger charge is 2.13. The van der Waals surface area contributed by atoms with Crippen molar-refractivity contribution in [3.8, 4) is 0 Å². The average Bonchev–Trinajstić information content (AvgIpc) is 2.51. The van der Waals surface area contributed by atoms with Crippen molar-refractivity contribution in [2.75, 3.05) is 5.32 Å². The van der Waals surface area contributed by atoms with Crippen LogP contribution in [0.3, 0.4) is 0 Å². The number of nitrogens with one attached hydrogen (secondary N) is 1. The van der Waals surface area contributed by atoms with Crippen LogP contribution in [0.25, 0.3) is 10.9 Å². The summed E-state index contributed by atoms with van der Waals surface area (Å²) < 4.78 is 15.8. The number of hydrogen-bond donors (Lipinski definition) is 1. The number of halogens is 1. The molecule has 1 heterocycles. The Morgan fingerprint density at radius 2 is 1.88 bits per heavy atom. The van der Waals surface area contributed by atoms with Gasteiger partial charge in [-0.15, -0.1) is 0 Å². The third kappa shape index (κ3) is 3.06. The Labute approximate surface area is 138 Å². The fraction of sp³-hybridized carbons (Fsp3) is 0.158. The number of pyridine rings is 1. The lowest BCUT2D eigenvalue weighted by atomic mass is 10.1. The molecule has 0 saturated heterocycles. The molecular formula is C19H17FN2O2. The lowest BCUT2D eigenvalue weighted by molar-refractivity contribution is -0.116. The number of carbonyl (C=O) groups is 1. The molecule has 24 heavy (non-hydrogen) atoms. The molecule has 0 atom stereocenters. The first kappa shape index (κ1) is 15.9. The van der Waals surface area contributed by atoms with Crippen molar-refractivity contribution in [3.63, 3.8) is 0 Å². The molecule has 2 aromatic carbocycles. The molecule has 0 aliphatic rings. The quantitative estimate of drug-likeness (QED) is 0.803. The van der Waals surface area contributed by atoms with Gasteiger partial charge in [0.15, 0.2) is 5.43 Å². The molecule has 0 aliphatic carbocycles. The van der Waals surface area contributed by atoms with Crippen LogP contribution in [0, 0.1) is 19.7 Å². The zero-order chi connectivity index (χ0) is 17.3. The van der Waals surface area contributed by atoms with Gasteiger partial charge in [-0.3, -0.25) is 9.59 Å². The first-order valence-electron chi connectivity index (χ1n) is 7.61. The van der Waals surface area contributed by atoms with Gasteiger partial charge in [0, 0.05) is 22.8 Å². The van der Waals surface area contributed by atoms with Crippen molar-refractivity contribution in [2.24, 2.45) is 0 Å². The average molecular weight is 324 g/mol. The monoisotopic (exact) mass is 324 g/mol. The van der Waals surface area contributed by atoms with E-state index in [0.29, 0.717) is 11.4 Å². The molecule has 3 rings (SSSR count). The smallest absolute Gasteiger partial charge is 0.244 e. The summed E-state index contributed by atoms with van der Waals surface area (Å²) in [5.41, 5.74) is 2.16. The predicted molar refractivity (Wildman–Crippen MR) is 92.7 cm³/mol. The third-order valence-corrected chi connectivity index (χ3v) is 3.89. The van der Waals surface area contributed by atoms with Crippen LogP contribution in [0.4, 0.5) is 10.1 Å². The number of nitrogens with zero attached hydrogens (tertiary/aromatic N) is 1. The van der Waals surface area contributed by atoms with Gasteiger partial charge in [0.1, 0.15) is 12.4 Å². The molecule has 4 nitrogen and oxygen atoms in total. The van der Waals surface area contributed by atoms with Crippen LogP contribution in [-0.4, -0.2) is 10.5 Å². The van der Waals surface area contributed by atoms with Crippen molar-refractivity contribution in [2.45, 2.75) is 20.4 Å². The van der Waals surface area contributed by atoms with Gasteiger partial charge < -0.3 is 9.88 Å². The maximum atomic E-state index is 14.2. The Bertz CT molecular complexity index is 992. The summed E-state index contributed by atoms with van der Waals surface area (Å²) in [7, 11) is 0. The molecule has 0 radical (unpaired) electrons. The molecule has 3 aromatic rings. The van der Waals surface area contributed by atoms with E-state index in [0.717, 1.165) is 5.56 Å². The van der Waals surface area contributed by atoms with Crippen LogP contribution in [0.1, 0.15) is 11.3 Å². The van der Waals surface area contributed by atoms with Gasteiger partial charge in [-0.25, -0.2) is 4.39 Å². The number of benzene rings is 2. The number of anilines is 1. The summed E-state index contributed by atoms with van der Waals surface area (Å²) in [6.07, 6.45) is 0. The number of carbonyl (C=O) groups excluding carboxylic acids is 1. The Balaban J connectivity index is 1.98. The fourth-order valence-corrected chi connectivity index (χ4v) is 2.78. The molecule has 1 N–H and O–H groups in total. The molecule has 0 bridgehead atoms. The summed E-state index contributed by atoms with van der Waals surface area (Å²) in [6, 6.07) is 13.2. The van der Waals surface area contributed by atoms with Crippen LogP contribution in [-0.2, 0) is 11.3 Å². The second-order valence-corrected chi connectivity index (χ2v) is 5.79. The number of aromatic nitrogens is 1. The number of amides is 1. The summed E-state index contributed by atoms with van der Waals surface area (Å²) in [6.45, 7) is 3.55. The second kappa shape index (κ2) is 6.28. The van der Waals surface area contributed by atoms with E-state index in [-0.39, 0.29) is 28.8 Å². The summed E-state index contributed by atoms with van der Waals surface area (Å²) in [4.78, 5) is 24.4. The number of fused-ring (bicyclic) bond motifs is 1. The predicted octanol–water partition coefficient (Wildman–Crippen LogP) is 3.40. The van der Waals surface area contributed by atoms with Crippen molar-refractivity contribution < 1.29 is 9.18 Å². The Kier molecular flexibility index (Phi) is 4.16. The minimum Gasteiger partial charge on any atom is -0.333 e. The second-order valence-electron chi connectivity index (χ2n) is 5.79. The molecule has 122 valence electrons. The van der Waals surface area contributed by atoms with Crippen molar-refractivity contribution >= 4 is 22.5 Å². The highest BCUT2D eigenvalue weighted by Crippen LogP contribution is 2.17. The fourth-order valence-electron chi connectivity index (χ4n) is 2.78. The lowest BCUT2D eigenvalue weighted by Crippen LogP contribution is -2.22. The van der Waals surface area contributed by atoms with Gasteiger partial charge in [-0.05, 0) is 43.7 Å². The largest absolute Gasteiger partial charge is 0.333 e. The van der Waals surface area contributed by atoms with E-state index in [4.69, 9.17) is 0 Å². The SMILES string of the molecule is Cc1cccc(NC(=O)Cn2c(C)cc(=O)c3cccc(F)c32)c1. The molecule has 1 aromatic heterocycles. The molecule has 1 amide bonds. The Morgan fingerprint density at radius 3 is 2.62 bits per heavy atom. The van der Waals surface area contributed by atoms with Crippen molar-refractivity contribution in [3.05, 3.63) is 75.8 Å². The summed E-state index contributed by atoms with van der Waals surface area (Å²) in [5.74, 6) is -0.798. The van der Waals surface area contributed by atoms with Crippen LogP contribution < -0.4 is 10.7 Å². The minimum atomic E-state index is -0.517. The van der Waals surface area contributed by atoms with E-state index in [9.17, 15) is 14.0 Å². The lowest BCUT2D eigenvalue weighted by Gasteiger charge is -2.15. The van der Waals surface area contributed by atoms with Crippen LogP contribution in [0.15, 0.2) is 53.3 Å². The van der Waals surface area contributed by atoms with Crippen LogP contribution in [0.2, 0.25) is 0 Å². The Morgan fingerprint density at radius 1 is 1.12 bits per heavy atom. The van der Waals surface area contributed by atoms with Crippen molar-refractivity contribution in [1.29, 1.82) is 0 Å². The van der Waals surface area contributed by atoms with Gasteiger partial charge in [-0.2, -0.15) is 0 Å². The molecule has 5 heteroatoms. The minimum absolute atomic E-state index is 0.0719. The van der Waals surface area contributed by atoms with E-state index in [2.05, 4.69) is 5.32 Å². The standard InChI is InChI=1S/C19H17FN2O2/c1-12-5-3-6-14(9-12)21-18(24)11-22-13(2)10-17(23)15-7-4-8-16(20)19(15)22/h3-10H,11H2,1-2H3,(H,21,24). The van der Waals surface area contributed by atoms with Crippen LogP contribution >= 0.6 is 0 Å². The van der Waals surface area contributed by atoms with E-state index >= 15 is 0 Å². The zero-order valence-corrected chi connectivity index (χ0v) is 13.5. The summed E-state index contributed by atoms with van der Waals surface area (Å²) >= 11 is 0. The van der Waals surface area contributed by atoms with Gasteiger partial charge >= 0.3 is 0 Å². The molecule has 0 fully saturated rings. The molecule has 0 saturated carbocycles. The van der Waals surface area contributed by atoms with Gasteiger partial charge in [0.05, 0.1) is 5.52 Å². The Hall–Kier alpha value is -2.95. The van der Waals surface area contributed by atoms with Crippen molar-refractivity contribution in [1.82, 2.24) is 4.57 Å². The number of para-hydroxylation sites is 1. The van der Waals surface area contributed by atoms with E-state index in [1.807, 2.05) is 25.1 Å². The first-order valence-corrected chi connectivity index (χ1v) is 7.61. The first-order chi connectivity index (χ1) is 11.5. The topological polar surface area (TPSA) is 51.1 Å². The molecular weight excluding hydrogens is 307 g/mol. The highest BCUT2D eigenvalue weighted by atomic mass is 19.1.